The Bertz CT molecular complexity index is 1620. The van der Waals surface area contributed by atoms with Crippen molar-refractivity contribution in [1.82, 2.24) is 24.9 Å². The maximum Gasteiger partial charge on any atom is 0.181 e. The van der Waals surface area contributed by atoms with Crippen LogP contribution in [0.3, 0.4) is 0 Å². The average Bonchev–Trinajstić information content (AvgIpc) is 3.45. The van der Waals surface area contributed by atoms with Crippen LogP contribution in [0.1, 0.15) is 11.3 Å². The quantitative estimate of drug-likeness (QED) is 0.361. The molecule has 6 rings (SSSR count). The van der Waals surface area contributed by atoms with Gasteiger partial charge in [-0.25, -0.2) is 15.0 Å². The standard InChI is InChI=1S/C28H20N6O/c29-27-26-23(33-28(34-27)21-12-20(14-30-15-21)24-16-31-17-35-24)10-9-19(13-22-8-4-5-11-32-22)25(26)18-6-2-1-3-7-18/h1-12,14-17H,13H2,(H2,29,33,34). The first-order valence-corrected chi connectivity index (χ1v) is 11.1. The van der Waals surface area contributed by atoms with Gasteiger partial charge in [-0.05, 0) is 41.0 Å². The Balaban J connectivity index is 1.52. The molecule has 0 saturated heterocycles. The predicted octanol–water partition coefficient (Wildman–Crippen LogP) is 5.58. The smallest absolute Gasteiger partial charge is 0.181 e. The maximum atomic E-state index is 6.61. The minimum atomic E-state index is 0.414. The number of nitrogen functional groups attached to an aromatic ring is 1. The second-order valence-corrected chi connectivity index (χ2v) is 8.12. The number of oxazole rings is 1. The summed E-state index contributed by atoms with van der Waals surface area (Å²) in [5.74, 6) is 1.54. The van der Waals surface area contributed by atoms with Gasteiger partial charge in [0.2, 0.25) is 0 Å². The van der Waals surface area contributed by atoms with E-state index in [0.29, 0.717) is 23.8 Å². The molecular formula is C28H20N6O. The van der Waals surface area contributed by atoms with Crippen LogP contribution < -0.4 is 5.73 Å². The van der Waals surface area contributed by atoms with Gasteiger partial charge >= 0.3 is 0 Å². The third-order valence-electron chi connectivity index (χ3n) is 5.85. The van der Waals surface area contributed by atoms with E-state index in [-0.39, 0.29) is 0 Å². The van der Waals surface area contributed by atoms with Crippen molar-refractivity contribution in [1.29, 1.82) is 0 Å². The van der Waals surface area contributed by atoms with Crippen molar-refractivity contribution < 1.29 is 4.42 Å². The van der Waals surface area contributed by atoms with Crippen molar-refractivity contribution in [3.8, 4) is 33.8 Å². The second-order valence-electron chi connectivity index (χ2n) is 8.12. The Morgan fingerprint density at radius 2 is 1.63 bits per heavy atom. The number of nitrogens with two attached hydrogens (primary N) is 1. The first-order valence-electron chi connectivity index (χ1n) is 11.1. The lowest BCUT2D eigenvalue weighted by Gasteiger charge is -2.15. The van der Waals surface area contributed by atoms with Gasteiger partial charge < -0.3 is 10.2 Å². The number of fused-ring (bicyclic) bond motifs is 1. The van der Waals surface area contributed by atoms with Crippen molar-refractivity contribution in [2.24, 2.45) is 0 Å². The molecule has 168 valence electrons. The molecule has 0 unspecified atom stereocenters. The van der Waals surface area contributed by atoms with Gasteiger partial charge in [-0.2, -0.15) is 0 Å². The third kappa shape index (κ3) is 4.00. The van der Waals surface area contributed by atoms with Crippen molar-refractivity contribution in [2.75, 3.05) is 5.73 Å². The molecule has 0 spiro atoms. The minimum Gasteiger partial charge on any atom is -0.443 e. The summed E-state index contributed by atoms with van der Waals surface area (Å²) in [6.07, 6.45) is 8.94. The van der Waals surface area contributed by atoms with Crippen LogP contribution in [0, 0.1) is 0 Å². The topological polar surface area (TPSA) is 104 Å². The Morgan fingerprint density at radius 3 is 2.43 bits per heavy atom. The van der Waals surface area contributed by atoms with Gasteiger partial charge in [0.05, 0.1) is 17.1 Å². The summed E-state index contributed by atoms with van der Waals surface area (Å²) in [5.41, 5.74) is 13.1. The molecule has 0 aliphatic rings. The number of hydrogen-bond donors (Lipinski definition) is 1. The predicted molar refractivity (Wildman–Crippen MR) is 135 cm³/mol. The summed E-state index contributed by atoms with van der Waals surface area (Å²) >= 11 is 0. The van der Waals surface area contributed by atoms with Gasteiger partial charge in [0.1, 0.15) is 5.82 Å². The highest BCUT2D eigenvalue weighted by atomic mass is 16.3. The lowest BCUT2D eigenvalue weighted by Crippen LogP contribution is -2.02. The molecule has 0 saturated carbocycles. The van der Waals surface area contributed by atoms with Gasteiger partial charge in [-0.1, -0.05) is 42.5 Å². The molecule has 4 aromatic heterocycles. The van der Waals surface area contributed by atoms with Crippen LogP contribution in [-0.4, -0.2) is 24.9 Å². The molecule has 4 heterocycles. The number of hydrogen-bond acceptors (Lipinski definition) is 7. The molecule has 2 aromatic carbocycles. The fourth-order valence-corrected chi connectivity index (χ4v) is 4.26. The van der Waals surface area contributed by atoms with Crippen LogP contribution in [-0.2, 0) is 6.42 Å². The van der Waals surface area contributed by atoms with Crippen LogP contribution >= 0.6 is 0 Å². The number of nitrogens with zero attached hydrogens (tertiary/aromatic N) is 5. The molecule has 0 radical (unpaired) electrons. The lowest BCUT2D eigenvalue weighted by atomic mass is 9.92. The van der Waals surface area contributed by atoms with Crippen LogP contribution in [0.2, 0.25) is 0 Å². The van der Waals surface area contributed by atoms with Crippen molar-refractivity contribution in [2.45, 2.75) is 6.42 Å². The molecule has 7 nitrogen and oxygen atoms in total. The molecule has 35 heavy (non-hydrogen) atoms. The molecule has 0 fully saturated rings. The molecule has 0 atom stereocenters. The van der Waals surface area contributed by atoms with Crippen molar-refractivity contribution in [3.05, 3.63) is 109 Å². The van der Waals surface area contributed by atoms with E-state index in [1.165, 1.54) is 6.39 Å². The Labute approximate surface area is 201 Å². The summed E-state index contributed by atoms with van der Waals surface area (Å²) in [5, 5.41) is 0.827. The summed E-state index contributed by atoms with van der Waals surface area (Å²) in [4.78, 5) is 22.4. The van der Waals surface area contributed by atoms with Crippen LogP contribution in [0.5, 0.6) is 0 Å². The van der Waals surface area contributed by atoms with Crippen LogP contribution in [0.15, 0.2) is 102 Å². The van der Waals surface area contributed by atoms with Gasteiger partial charge in [-0.3, -0.25) is 9.97 Å². The zero-order chi connectivity index (χ0) is 23.6. The monoisotopic (exact) mass is 456 g/mol. The molecule has 0 aliphatic carbocycles. The molecule has 7 heteroatoms. The maximum absolute atomic E-state index is 6.61. The summed E-state index contributed by atoms with van der Waals surface area (Å²) in [7, 11) is 0. The fraction of sp³-hybridized carbons (Fsp3) is 0.0357. The molecule has 0 bridgehead atoms. The van der Waals surface area contributed by atoms with Gasteiger partial charge in [0, 0.05) is 41.8 Å². The highest BCUT2D eigenvalue weighted by Gasteiger charge is 2.17. The van der Waals surface area contributed by atoms with Crippen LogP contribution in [0.25, 0.3) is 44.7 Å². The minimum absolute atomic E-state index is 0.414. The van der Waals surface area contributed by atoms with Gasteiger partial charge in [-0.15, -0.1) is 0 Å². The Hall–Kier alpha value is -4.91. The summed E-state index contributed by atoms with van der Waals surface area (Å²) in [6.45, 7) is 0. The highest BCUT2D eigenvalue weighted by molar-refractivity contribution is 6.03. The Kier molecular flexibility index (Phi) is 5.20. The Morgan fingerprint density at radius 1 is 0.771 bits per heavy atom. The van der Waals surface area contributed by atoms with E-state index in [0.717, 1.165) is 44.4 Å². The second kappa shape index (κ2) is 8.79. The molecule has 0 aliphatic heterocycles. The van der Waals surface area contributed by atoms with Gasteiger partial charge in [0.15, 0.2) is 18.0 Å². The first-order chi connectivity index (χ1) is 17.3. The molecule has 6 aromatic rings. The van der Waals surface area contributed by atoms with E-state index < -0.39 is 0 Å². The lowest BCUT2D eigenvalue weighted by molar-refractivity contribution is 0.572. The zero-order valence-corrected chi connectivity index (χ0v) is 18.7. The third-order valence-corrected chi connectivity index (χ3v) is 5.85. The zero-order valence-electron chi connectivity index (χ0n) is 18.7. The van der Waals surface area contributed by atoms with Crippen molar-refractivity contribution >= 4 is 16.7 Å². The van der Waals surface area contributed by atoms with E-state index in [1.807, 2.05) is 54.7 Å². The number of pyridine rings is 2. The SMILES string of the molecule is Nc1nc(-c2cncc(-c3cnco3)c2)nc2ccc(Cc3ccccn3)c(-c3ccccc3)c12. The first kappa shape index (κ1) is 20.7. The number of benzene rings is 2. The van der Waals surface area contributed by atoms with E-state index in [2.05, 4.69) is 33.2 Å². The summed E-state index contributed by atoms with van der Waals surface area (Å²) in [6, 6.07) is 22.1. The largest absolute Gasteiger partial charge is 0.443 e. The average molecular weight is 457 g/mol. The summed E-state index contributed by atoms with van der Waals surface area (Å²) < 4.78 is 5.41. The molecule has 0 amide bonds. The number of rotatable bonds is 5. The highest BCUT2D eigenvalue weighted by Crippen LogP contribution is 2.36. The van der Waals surface area contributed by atoms with Crippen molar-refractivity contribution in [3.63, 3.8) is 0 Å². The number of anilines is 1. The van der Waals surface area contributed by atoms with E-state index in [1.54, 1.807) is 18.6 Å². The van der Waals surface area contributed by atoms with E-state index in [4.69, 9.17) is 20.1 Å². The molecular weight excluding hydrogens is 436 g/mol. The van der Waals surface area contributed by atoms with Crippen LogP contribution in [0.4, 0.5) is 5.82 Å². The molecule has 2 N–H and O–H groups in total. The van der Waals surface area contributed by atoms with E-state index in [9.17, 15) is 0 Å². The van der Waals surface area contributed by atoms with E-state index >= 15 is 0 Å². The fourth-order valence-electron chi connectivity index (χ4n) is 4.26. The normalized spacial score (nSPS) is 11.1. The number of aromatic nitrogens is 5. The van der Waals surface area contributed by atoms with Gasteiger partial charge in [0.25, 0.3) is 0 Å².